The van der Waals surface area contributed by atoms with Gasteiger partial charge in [0.2, 0.25) is 0 Å². The molecular weight excluding hydrogens is 288 g/mol. The summed E-state index contributed by atoms with van der Waals surface area (Å²) in [7, 11) is 2.78. The van der Waals surface area contributed by atoms with Gasteiger partial charge in [0, 0.05) is 5.71 Å². The van der Waals surface area contributed by atoms with Crippen LogP contribution in [0.1, 0.15) is 17.3 Å². The van der Waals surface area contributed by atoms with Crippen LogP contribution in [0, 0.1) is 22.7 Å². The lowest BCUT2D eigenvalue weighted by atomic mass is 10.0. The Labute approximate surface area is 127 Å². The van der Waals surface area contributed by atoms with Crippen molar-refractivity contribution in [2.75, 3.05) is 20.8 Å². The number of ether oxygens (including phenoxy) is 3. The molecule has 22 heavy (non-hydrogen) atoms. The summed E-state index contributed by atoms with van der Waals surface area (Å²) in [6, 6.07) is 6.45. The molecule has 116 valence electrons. The monoisotopic (exact) mass is 304 g/mol. The molecule has 1 unspecified atom stereocenters. The highest BCUT2D eigenvalue weighted by atomic mass is 16.5. The predicted molar refractivity (Wildman–Crippen MR) is 77.3 cm³/mol. The fourth-order valence-electron chi connectivity index (χ4n) is 1.75. The first-order valence-electron chi connectivity index (χ1n) is 6.31. The summed E-state index contributed by atoms with van der Waals surface area (Å²) < 4.78 is 15.1. The molecule has 0 spiro atoms. The average Bonchev–Trinajstić information content (AvgIpc) is 2.51. The van der Waals surface area contributed by atoms with Gasteiger partial charge in [-0.1, -0.05) is 6.07 Å². The highest BCUT2D eigenvalue weighted by Crippen LogP contribution is 2.28. The molecule has 0 saturated heterocycles. The number of Topliss-reactive ketones (excluding diaryl/α,β-unsaturated/α-hetero) is 1. The summed E-state index contributed by atoms with van der Waals surface area (Å²) >= 11 is 0. The molecule has 1 N–H and O–H groups in total. The van der Waals surface area contributed by atoms with Gasteiger partial charge in [0.15, 0.2) is 12.4 Å². The Hall–Kier alpha value is -2.88. The molecular formula is C15H16N2O5. The minimum Gasteiger partial charge on any atom is -0.496 e. The molecule has 0 saturated carbocycles. The van der Waals surface area contributed by atoms with E-state index in [-0.39, 0.29) is 22.8 Å². The van der Waals surface area contributed by atoms with Crippen LogP contribution in [-0.2, 0) is 9.53 Å². The van der Waals surface area contributed by atoms with E-state index in [4.69, 9.17) is 24.9 Å². The van der Waals surface area contributed by atoms with Crippen molar-refractivity contribution < 1.29 is 23.8 Å². The van der Waals surface area contributed by atoms with Crippen LogP contribution in [0.15, 0.2) is 18.2 Å². The number of rotatable bonds is 7. The molecule has 0 aliphatic heterocycles. The lowest BCUT2D eigenvalue weighted by Crippen LogP contribution is -2.25. The third-order valence-electron chi connectivity index (χ3n) is 2.86. The van der Waals surface area contributed by atoms with Crippen LogP contribution in [0.3, 0.4) is 0 Å². The standard InChI is InChI=1S/C15H16N2O5/c1-9(17)10(7-16)11(18)8-22-15(19)14-12(20-2)5-4-6-13(14)21-3/h4-6,10,17H,8H2,1-3H3. The lowest BCUT2D eigenvalue weighted by molar-refractivity contribution is -0.122. The normalized spacial score (nSPS) is 11.0. The van der Waals surface area contributed by atoms with Crippen molar-refractivity contribution in [1.82, 2.24) is 0 Å². The van der Waals surface area contributed by atoms with Crippen LogP contribution in [0.25, 0.3) is 0 Å². The number of nitrogens with zero attached hydrogens (tertiary/aromatic N) is 1. The Morgan fingerprint density at radius 1 is 1.27 bits per heavy atom. The molecule has 1 rings (SSSR count). The van der Waals surface area contributed by atoms with Gasteiger partial charge in [-0.25, -0.2) is 4.79 Å². The van der Waals surface area contributed by atoms with E-state index in [0.29, 0.717) is 0 Å². The summed E-state index contributed by atoms with van der Waals surface area (Å²) in [5.41, 5.74) is -0.0428. The second kappa shape index (κ2) is 7.78. The first kappa shape index (κ1) is 17.2. The molecule has 0 amide bonds. The van der Waals surface area contributed by atoms with E-state index in [1.165, 1.54) is 21.1 Å². The van der Waals surface area contributed by atoms with E-state index in [1.54, 1.807) is 24.3 Å². The van der Waals surface area contributed by atoms with Crippen LogP contribution in [0.4, 0.5) is 0 Å². The maximum absolute atomic E-state index is 12.1. The Morgan fingerprint density at radius 3 is 2.23 bits per heavy atom. The summed E-state index contributed by atoms with van der Waals surface area (Å²) in [6.45, 7) is 0.741. The fourth-order valence-corrected chi connectivity index (χ4v) is 1.75. The van der Waals surface area contributed by atoms with Gasteiger partial charge in [-0.05, 0) is 19.1 Å². The highest BCUT2D eigenvalue weighted by Gasteiger charge is 2.24. The molecule has 0 bridgehead atoms. The van der Waals surface area contributed by atoms with Crippen molar-refractivity contribution in [3.05, 3.63) is 23.8 Å². The van der Waals surface area contributed by atoms with E-state index in [1.807, 2.05) is 0 Å². The van der Waals surface area contributed by atoms with Gasteiger partial charge in [0.1, 0.15) is 23.0 Å². The van der Waals surface area contributed by atoms with Crippen LogP contribution < -0.4 is 9.47 Å². The number of benzene rings is 1. The van der Waals surface area contributed by atoms with E-state index in [0.717, 1.165) is 0 Å². The van der Waals surface area contributed by atoms with Gasteiger partial charge in [-0.3, -0.25) is 4.79 Å². The average molecular weight is 304 g/mol. The van der Waals surface area contributed by atoms with Gasteiger partial charge in [-0.15, -0.1) is 0 Å². The zero-order valence-corrected chi connectivity index (χ0v) is 12.5. The molecule has 0 aromatic heterocycles. The van der Waals surface area contributed by atoms with Crippen LogP contribution in [-0.4, -0.2) is 38.3 Å². The molecule has 0 aliphatic carbocycles. The number of ketones is 1. The Morgan fingerprint density at radius 2 is 1.82 bits per heavy atom. The Bertz CT molecular complexity index is 611. The molecule has 0 heterocycles. The molecule has 1 atom stereocenters. The third-order valence-corrected chi connectivity index (χ3v) is 2.86. The molecule has 7 nitrogen and oxygen atoms in total. The van der Waals surface area contributed by atoms with Crippen molar-refractivity contribution in [3.63, 3.8) is 0 Å². The van der Waals surface area contributed by atoms with Gasteiger partial charge < -0.3 is 19.6 Å². The first-order valence-corrected chi connectivity index (χ1v) is 6.31. The van der Waals surface area contributed by atoms with Crippen LogP contribution >= 0.6 is 0 Å². The first-order chi connectivity index (χ1) is 10.5. The summed E-state index contributed by atoms with van der Waals surface area (Å²) in [6.07, 6.45) is 0. The minimum absolute atomic E-state index is 0.0559. The molecule has 1 aromatic rings. The molecule has 0 radical (unpaired) electrons. The second-order valence-electron chi connectivity index (χ2n) is 4.33. The lowest BCUT2D eigenvalue weighted by Gasteiger charge is -2.12. The Balaban J connectivity index is 2.89. The number of methoxy groups -OCH3 is 2. The highest BCUT2D eigenvalue weighted by molar-refractivity contribution is 6.06. The van der Waals surface area contributed by atoms with Gasteiger partial charge in [0.05, 0.1) is 20.3 Å². The SMILES string of the molecule is COc1cccc(OC)c1C(=O)OCC(=O)C(C#N)C(C)=N. The van der Waals surface area contributed by atoms with Gasteiger partial charge >= 0.3 is 5.97 Å². The maximum atomic E-state index is 12.1. The quantitative estimate of drug-likeness (QED) is 0.605. The topological polar surface area (TPSA) is 109 Å². The van der Waals surface area contributed by atoms with Crippen LogP contribution in [0.5, 0.6) is 11.5 Å². The zero-order chi connectivity index (χ0) is 16.7. The summed E-state index contributed by atoms with van der Waals surface area (Å²) in [5.74, 6) is -2.18. The number of carbonyl (C=O) groups excluding carboxylic acids is 2. The van der Waals surface area contributed by atoms with Gasteiger partial charge in [0.25, 0.3) is 0 Å². The molecule has 7 heteroatoms. The number of esters is 1. The minimum atomic E-state index is -1.22. The zero-order valence-electron chi connectivity index (χ0n) is 12.5. The van der Waals surface area contributed by atoms with E-state index < -0.39 is 24.3 Å². The van der Waals surface area contributed by atoms with Crippen molar-refractivity contribution in [3.8, 4) is 17.6 Å². The van der Waals surface area contributed by atoms with Crippen LogP contribution in [0.2, 0.25) is 0 Å². The number of nitriles is 1. The molecule has 0 fully saturated rings. The number of hydrogen-bond acceptors (Lipinski definition) is 7. The second-order valence-corrected chi connectivity index (χ2v) is 4.33. The maximum Gasteiger partial charge on any atom is 0.346 e. The largest absolute Gasteiger partial charge is 0.496 e. The van der Waals surface area contributed by atoms with Gasteiger partial charge in [-0.2, -0.15) is 5.26 Å². The fraction of sp³-hybridized carbons (Fsp3) is 0.333. The molecule has 1 aromatic carbocycles. The van der Waals surface area contributed by atoms with Crippen molar-refractivity contribution in [2.24, 2.45) is 5.92 Å². The van der Waals surface area contributed by atoms with Crippen molar-refractivity contribution in [1.29, 1.82) is 10.7 Å². The third kappa shape index (κ3) is 3.82. The van der Waals surface area contributed by atoms with E-state index in [2.05, 4.69) is 0 Å². The van der Waals surface area contributed by atoms with Crippen molar-refractivity contribution in [2.45, 2.75) is 6.92 Å². The number of hydrogen-bond donors (Lipinski definition) is 1. The molecule has 0 aliphatic rings. The Kier molecular flexibility index (Phi) is 6.08. The summed E-state index contributed by atoms with van der Waals surface area (Å²) in [5, 5.41) is 16.2. The van der Waals surface area contributed by atoms with E-state index >= 15 is 0 Å². The van der Waals surface area contributed by atoms with E-state index in [9.17, 15) is 9.59 Å². The predicted octanol–water partition coefficient (Wildman–Crippen LogP) is 1.61. The number of carbonyl (C=O) groups is 2. The van der Waals surface area contributed by atoms with Crippen molar-refractivity contribution >= 4 is 17.5 Å². The smallest absolute Gasteiger partial charge is 0.346 e. The summed E-state index contributed by atoms with van der Waals surface area (Å²) in [4.78, 5) is 23.9. The number of nitrogens with one attached hydrogen (secondary N) is 1.